The van der Waals surface area contributed by atoms with Crippen LogP contribution in [0.15, 0.2) is 344 Å². The Hall–Kier alpha value is -11.5. The average Bonchev–Trinajstić information content (AvgIpc) is 1.53. The number of rotatable bonds is 8. The van der Waals surface area contributed by atoms with E-state index in [1.807, 2.05) is 6.07 Å². The van der Waals surface area contributed by atoms with Crippen LogP contribution in [0.1, 0.15) is 27.7 Å². The molecule has 4 aromatic heterocycles. The van der Waals surface area contributed by atoms with Gasteiger partial charge >= 0.3 is 7.12 Å². The van der Waals surface area contributed by atoms with Crippen LogP contribution in [-0.2, 0) is 9.31 Å². The van der Waals surface area contributed by atoms with E-state index in [-0.39, 0.29) is 0 Å². The lowest BCUT2D eigenvalue weighted by molar-refractivity contribution is 0.00578. The Bertz CT molecular complexity index is 6080. The summed E-state index contributed by atoms with van der Waals surface area (Å²) in [6.45, 7) is 8.36. The summed E-state index contributed by atoms with van der Waals surface area (Å²) in [6, 6.07) is 120. The van der Waals surface area contributed by atoms with E-state index in [1.165, 1.54) is 71.1 Å². The van der Waals surface area contributed by atoms with Crippen molar-refractivity contribution in [1.82, 2.24) is 18.8 Å². The van der Waals surface area contributed by atoms with E-state index in [2.05, 4.69) is 386 Å². The highest BCUT2D eigenvalue weighted by molar-refractivity contribution is 9.10. The van der Waals surface area contributed by atoms with Crippen molar-refractivity contribution in [3.05, 3.63) is 344 Å². The molecule has 100 heavy (non-hydrogen) atoms. The maximum absolute atomic E-state index is 6.39. The van der Waals surface area contributed by atoms with Crippen LogP contribution < -0.4 is 5.46 Å². The van der Waals surface area contributed by atoms with Gasteiger partial charge in [0.15, 0.2) is 0 Å². The van der Waals surface area contributed by atoms with Crippen molar-refractivity contribution >= 4 is 105 Å². The van der Waals surface area contributed by atoms with Gasteiger partial charge in [0.1, 0.15) is 11.3 Å². The number of pyridine rings is 2. The van der Waals surface area contributed by atoms with E-state index in [9.17, 15) is 0 Å². The number of halogens is 1. The van der Waals surface area contributed by atoms with Crippen molar-refractivity contribution in [1.29, 1.82) is 0 Å². The van der Waals surface area contributed by atoms with Gasteiger partial charge in [-0.2, -0.15) is 0 Å². The van der Waals surface area contributed by atoms with Gasteiger partial charge in [0.2, 0.25) is 0 Å². The molecule has 0 aliphatic carbocycles. The molecule has 0 bridgehead atoms. The molecule has 1 saturated heterocycles. The van der Waals surface area contributed by atoms with Crippen LogP contribution in [0.4, 0.5) is 0 Å². The second-order valence-corrected chi connectivity index (χ2v) is 27.7. The molecule has 5 heterocycles. The third-order valence-corrected chi connectivity index (χ3v) is 20.6. The van der Waals surface area contributed by atoms with Crippen molar-refractivity contribution in [3.63, 3.8) is 0 Å². The highest BCUT2D eigenvalue weighted by Gasteiger charge is 2.51. The number of hydrogen-bond acceptors (Lipinski definition) is 4. The quantitative estimate of drug-likeness (QED) is 0.112. The summed E-state index contributed by atoms with van der Waals surface area (Å²) in [5.74, 6) is 0. The molecule has 0 N–H and O–H groups in total. The second-order valence-electron chi connectivity index (χ2n) is 26.8. The first-order chi connectivity index (χ1) is 49.0. The summed E-state index contributed by atoms with van der Waals surface area (Å²) in [6.07, 6.45) is 0. The van der Waals surface area contributed by atoms with Gasteiger partial charge in [-0.25, -0.2) is 9.97 Å². The maximum atomic E-state index is 6.39. The van der Waals surface area contributed by atoms with Crippen LogP contribution >= 0.6 is 15.9 Å². The zero-order valence-electron chi connectivity index (χ0n) is 55.9. The van der Waals surface area contributed by atoms with Crippen LogP contribution in [0.25, 0.3) is 155 Å². The molecular formula is C92H68BBrN4O2. The fraction of sp³-hybridized carbons (Fsp3) is 0.0652. The Morgan fingerprint density at radius 1 is 0.280 bits per heavy atom. The summed E-state index contributed by atoms with van der Waals surface area (Å²) in [5.41, 5.74) is 20.4. The largest absolute Gasteiger partial charge is 0.494 e. The molecule has 19 rings (SSSR count). The molecule has 14 aromatic carbocycles. The first-order valence-corrected chi connectivity index (χ1v) is 34.9. The van der Waals surface area contributed by atoms with Gasteiger partial charge in [-0.3, -0.25) is 8.80 Å². The van der Waals surface area contributed by atoms with Gasteiger partial charge in [0, 0.05) is 48.3 Å². The van der Waals surface area contributed by atoms with Crippen molar-refractivity contribution < 1.29 is 9.31 Å². The molecular weight excluding hydrogens is 1280 g/mol. The van der Waals surface area contributed by atoms with E-state index in [4.69, 9.17) is 19.3 Å². The molecule has 18 aromatic rings. The van der Waals surface area contributed by atoms with Crippen LogP contribution in [0, 0.1) is 0 Å². The Morgan fingerprint density at radius 2 is 0.620 bits per heavy atom. The molecule has 0 radical (unpaired) electrons. The van der Waals surface area contributed by atoms with Crippen molar-refractivity contribution in [2.45, 2.75) is 38.9 Å². The minimum absolute atomic E-state index is 0.392. The van der Waals surface area contributed by atoms with E-state index < -0.39 is 18.3 Å². The van der Waals surface area contributed by atoms with Gasteiger partial charge in [-0.1, -0.05) is 307 Å². The van der Waals surface area contributed by atoms with Crippen LogP contribution in [0.2, 0.25) is 0 Å². The summed E-state index contributed by atoms with van der Waals surface area (Å²) < 4.78 is 18.6. The van der Waals surface area contributed by atoms with Crippen molar-refractivity contribution in [3.8, 4) is 78.4 Å². The first kappa shape index (κ1) is 62.0. The molecule has 0 spiro atoms. The maximum Gasteiger partial charge on any atom is 0.494 e. The van der Waals surface area contributed by atoms with E-state index in [0.29, 0.717) is 0 Å². The van der Waals surface area contributed by atoms with E-state index in [1.54, 1.807) is 0 Å². The predicted molar refractivity (Wildman–Crippen MR) is 423 cm³/mol. The lowest BCUT2D eigenvalue weighted by atomic mass is 9.78. The summed E-state index contributed by atoms with van der Waals surface area (Å²) in [4.78, 5) is 10.7. The molecule has 1 fully saturated rings. The second kappa shape index (κ2) is 25.7. The summed E-state index contributed by atoms with van der Waals surface area (Å²) in [5, 5.41) is 12.1. The highest BCUT2D eigenvalue weighted by atomic mass is 79.9. The van der Waals surface area contributed by atoms with E-state index >= 15 is 0 Å². The van der Waals surface area contributed by atoms with Gasteiger partial charge < -0.3 is 9.31 Å². The van der Waals surface area contributed by atoms with Crippen molar-refractivity contribution in [2.24, 2.45) is 0 Å². The smallest absolute Gasteiger partial charge is 0.399 e. The van der Waals surface area contributed by atoms with Crippen LogP contribution in [0.3, 0.4) is 0 Å². The highest BCUT2D eigenvalue weighted by Crippen LogP contribution is 2.43. The number of imidazole rings is 2. The minimum atomic E-state index is -0.418. The topological polar surface area (TPSA) is 53.1 Å². The lowest BCUT2D eigenvalue weighted by Gasteiger charge is -2.32. The average molecular weight is 1350 g/mol. The Balaban J connectivity index is 0.000000123. The molecule has 478 valence electrons. The summed E-state index contributed by atoms with van der Waals surface area (Å²) >= 11 is 3.46. The molecule has 1 aliphatic rings. The third kappa shape index (κ3) is 11.4. The molecule has 0 atom stereocenters. The zero-order chi connectivity index (χ0) is 67.5. The number of benzene rings is 14. The molecule has 0 unspecified atom stereocenters. The van der Waals surface area contributed by atoms with E-state index in [0.717, 1.165) is 93.5 Å². The minimum Gasteiger partial charge on any atom is -0.399 e. The van der Waals surface area contributed by atoms with Gasteiger partial charge in [-0.15, -0.1) is 0 Å². The van der Waals surface area contributed by atoms with Gasteiger partial charge in [0.25, 0.3) is 0 Å². The molecule has 6 nitrogen and oxygen atoms in total. The first-order valence-electron chi connectivity index (χ1n) is 34.1. The Morgan fingerprint density at radius 3 is 1.07 bits per heavy atom. The fourth-order valence-corrected chi connectivity index (χ4v) is 14.5. The lowest BCUT2D eigenvalue weighted by Crippen LogP contribution is -2.41. The molecule has 0 saturated carbocycles. The van der Waals surface area contributed by atoms with Gasteiger partial charge in [0.05, 0.1) is 45.0 Å². The molecule has 0 amide bonds. The number of nitrogens with zero attached hydrogens (tertiary/aromatic N) is 4. The number of fused-ring (bicyclic) bond motifs is 14. The molecule has 1 aliphatic heterocycles. The normalized spacial score (nSPS) is 13.3. The Kier molecular flexibility index (Phi) is 16.0. The van der Waals surface area contributed by atoms with Gasteiger partial charge in [-0.05, 0) is 147 Å². The zero-order valence-corrected chi connectivity index (χ0v) is 57.5. The van der Waals surface area contributed by atoms with Crippen molar-refractivity contribution in [2.75, 3.05) is 0 Å². The Labute approximate surface area is 590 Å². The summed E-state index contributed by atoms with van der Waals surface area (Å²) in [7, 11) is -0.418. The third-order valence-electron chi connectivity index (χ3n) is 20.1. The predicted octanol–water partition coefficient (Wildman–Crippen LogP) is 24.0. The molecule has 8 heteroatoms. The van der Waals surface area contributed by atoms with Crippen LogP contribution in [-0.4, -0.2) is 37.1 Å². The fourth-order valence-electron chi connectivity index (χ4n) is 14.3. The monoisotopic (exact) mass is 1350 g/mol. The number of aromatic nitrogens is 4. The number of para-hydroxylation sites is 2. The standard InChI is InChI=1S/C43H28N2.C33H29BN2O2.C16H11Br/c1-3-12-32(13-4-1)41-42(33-14-5-2-6-15-33)45-40-18-10-9-17-37(40)39-28-36(25-26-38(39)43(45)44-41)31-21-19-30(20-22-31)35-24-23-29-11-7-8-16-34(29)27-35;1-32(2)33(3,4)38-34(37-32)24-19-20-26-27(21-24)25-17-11-12-18-28(25)36-30(23-15-9-6-10-16-23)29(35-31(26)36)22-13-7-5-8-14-22;17-16-9-7-13(8-10-16)15-6-5-12-3-1-2-4-14(12)11-15/h1-28H;5-21H,1-4H3;1-11H. The van der Waals surface area contributed by atoms with Crippen LogP contribution in [0.5, 0.6) is 0 Å². The number of hydrogen-bond donors (Lipinski definition) is 0. The SMILES string of the molecule is Brc1ccc(-c2ccc3ccccc3c2)cc1.CC1(C)OB(c2ccc3c(c2)c2ccccc2n2c(-c4ccccc4)c(-c4ccccc4)nc32)OC1(C)C.c1ccc(-c2nc3c4ccc(-c5ccc(-c6ccc7ccccc7c6)cc5)cc4c4ccccc4n3c2-c2ccccc2)cc1.